The van der Waals surface area contributed by atoms with Gasteiger partial charge in [0.25, 0.3) is 0 Å². The topological polar surface area (TPSA) is 59.1 Å². The second-order valence-corrected chi connectivity index (χ2v) is 10.9. The van der Waals surface area contributed by atoms with Crippen LogP contribution in [0.2, 0.25) is 0 Å². The SMILES string of the molecule is COC(=O)N(CC1CC2C=CC1C2)C1CC(C2CC2)N(C(=O)OC(C)C)c2ccc(C(F)(F)F)cc21. The Bertz CT molecular complexity index is 1050. The van der Waals surface area contributed by atoms with Gasteiger partial charge in [-0.1, -0.05) is 12.2 Å². The first-order valence-electron chi connectivity index (χ1n) is 12.8. The second-order valence-electron chi connectivity index (χ2n) is 10.9. The molecular weight excluding hydrogens is 473 g/mol. The number of hydrogen-bond donors (Lipinski definition) is 0. The zero-order chi connectivity index (χ0) is 25.8. The summed E-state index contributed by atoms with van der Waals surface area (Å²) in [6.45, 7) is 3.90. The van der Waals surface area contributed by atoms with Crippen molar-refractivity contribution >= 4 is 17.9 Å². The highest BCUT2D eigenvalue weighted by molar-refractivity contribution is 5.91. The van der Waals surface area contributed by atoms with Gasteiger partial charge in [0.1, 0.15) is 0 Å². The van der Waals surface area contributed by atoms with Gasteiger partial charge in [0.2, 0.25) is 0 Å². The number of ether oxygens (including phenoxy) is 2. The van der Waals surface area contributed by atoms with Crippen LogP contribution in [-0.2, 0) is 15.7 Å². The summed E-state index contributed by atoms with van der Waals surface area (Å²) in [6.07, 6.45) is 2.58. The van der Waals surface area contributed by atoms with Crippen molar-refractivity contribution in [1.29, 1.82) is 0 Å². The van der Waals surface area contributed by atoms with Gasteiger partial charge in [0.15, 0.2) is 0 Å². The number of carbonyl (C=O) groups is 2. The quantitative estimate of drug-likeness (QED) is 0.425. The molecule has 0 saturated heterocycles. The van der Waals surface area contributed by atoms with Gasteiger partial charge in [-0.15, -0.1) is 0 Å². The minimum absolute atomic E-state index is 0.215. The highest BCUT2D eigenvalue weighted by Gasteiger charge is 2.49. The predicted molar refractivity (Wildman–Crippen MR) is 127 cm³/mol. The lowest BCUT2D eigenvalue weighted by molar-refractivity contribution is -0.137. The van der Waals surface area contributed by atoms with E-state index < -0.39 is 30.0 Å². The van der Waals surface area contributed by atoms with Crippen LogP contribution in [-0.4, -0.2) is 42.9 Å². The molecule has 3 aliphatic carbocycles. The molecule has 6 nitrogen and oxygen atoms in total. The van der Waals surface area contributed by atoms with Crippen molar-refractivity contribution in [2.24, 2.45) is 23.7 Å². The zero-order valence-corrected chi connectivity index (χ0v) is 20.8. The van der Waals surface area contributed by atoms with Crippen LogP contribution in [0.5, 0.6) is 0 Å². The van der Waals surface area contributed by atoms with Crippen molar-refractivity contribution in [3.63, 3.8) is 0 Å². The molecule has 1 heterocycles. The minimum atomic E-state index is -4.55. The number of fused-ring (bicyclic) bond motifs is 3. The largest absolute Gasteiger partial charge is 0.453 e. The fourth-order valence-electron chi connectivity index (χ4n) is 6.33. The second kappa shape index (κ2) is 9.30. The van der Waals surface area contributed by atoms with Crippen LogP contribution in [0.3, 0.4) is 0 Å². The van der Waals surface area contributed by atoms with E-state index in [0.717, 1.165) is 37.8 Å². The molecule has 5 unspecified atom stereocenters. The smallest absolute Gasteiger partial charge is 0.416 e. The van der Waals surface area contributed by atoms with E-state index in [1.807, 2.05) is 0 Å². The Labute approximate surface area is 209 Å². The molecule has 2 bridgehead atoms. The maximum Gasteiger partial charge on any atom is 0.416 e. The third kappa shape index (κ3) is 4.68. The molecule has 4 aliphatic rings. The van der Waals surface area contributed by atoms with E-state index in [-0.39, 0.29) is 24.0 Å². The number of amides is 2. The van der Waals surface area contributed by atoms with Crippen molar-refractivity contribution in [3.05, 3.63) is 41.5 Å². The summed E-state index contributed by atoms with van der Waals surface area (Å²) in [6, 6.07) is 2.56. The Morgan fingerprint density at radius 2 is 1.89 bits per heavy atom. The molecule has 2 amide bonds. The van der Waals surface area contributed by atoms with Crippen LogP contribution >= 0.6 is 0 Å². The molecule has 0 spiro atoms. The molecule has 9 heteroatoms. The Kier molecular flexibility index (Phi) is 6.45. The van der Waals surface area contributed by atoms with Crippen LogP contribution in [0.4, 0.5) is 28.4 Å². The lowest BCUT2D eigenvalue weighted by atomic mass is 9.85. The van der Waals surface area contributed by atoms with Crippen LogP contribution in [0.15, 0.2) is 30.4 Å². The lowest BCUT2D eigenvalue weighted by Crippen LogP contribution is -2.51. The fourth-order valence-corrected chi connectivity index (χ4v) is 6.33. The van der Waals surface area contributed by atoms with Crippen molar-refractivity contribution in [3.8, 4) is 0 Å². The molecule has 1 aromatic carbocycles. The number of methoxy groups -OCH3 is 1. The van der Waals surface area contributed by atoms with E-state index >= 15 is 0 Å². The van der Waals surface area contributed by atoms with E-state index in [2.05, 4.69) is 12.2 Å². The number of alkyl halides is 3. The average Bonchev–Trinajstić information content (AvgIpc) is 3.46. The summed E-state index contributed by atoms with van der Waals surface area (Å²) in [5.41, 5.74) is -0.115. The molecule has 196 valence electrons. The first-order chi connectivity index (χ1) is 17.1. The van der Waals surface area contributed by atoms with E-state index in [1.165, 1.54) is 18.1 Å². The molecule has 1 aromatic rings. The van der Waals surface area contributed by atoms with E-state index in [0.29, 0.717) is 36.1 Å². The molecule has 2 fully saturated rings. The monoisotopic (exact) mass is 506 g/mol. The van der Waals surface area contributed by atoms with Crippen LogP contribution in [0.25, 0.3) is 0 Å². The van der Waals surface area contributed by atoms with Gasteiger partial charge in [-0.2, -0.15) is 13.2 Å². The number of benzene rings is 1. The van der Waals surface area contributed by atoms with E-state index in [4.69, 9.17) is 9.47 Å². The van der Waals surface area contributed by atoms with Crippen LogP contribution in [0, 0.1) is 23.7 Å². The normalized spacial score (nSPS) is 28.9. The Balaban J connectivity index is 1.57. The van der Waals surface area contributed by atoms with Gasteiger partial charge in [0.05, 0.1) is 30.5 Å². The number of allylic oxidation sites excluding steroid dienone is 2. The molecule has 1 aliphatic heterocycles. The Morgan fingerprint density at radius 3 is 2.44 bits per heavy atom. The Morgan fingerprint density at radius 1 is 1.14 bits per heavy atom. The minimum Gasteiger partial charge on any atom is -0.453 e. The molecule has 2 saturated carbocycles. The van der Waals surface area contributed by atoms with Crippen molar-refractivity contribution in [2.45, 2.75) is 70.3 Å². The van der Waals surface area contributed by atoms with Crippen LogP contribution in [0.1, 0.15) is 63.1 Å². The van der Waals surface area contributed by atoms with Gasteiger partial charge in [0, 0.05) is 12.6 Å². The highest BCUT2D eigenvalue weighted by atomic mass is 19.4. The predicted octanol–water partition coefficient (Wildman–Crippen LogP) is 6.56. The van der Waals surface area contributed by atoms with Crippen LogP contribution < -0.4 is 4.90 Å². The summed E-state index contributed by atoms with van der Waals surface area (Å²) >= 11 is 0. The summed E-state index contributed by atoms with van der Waals surface area (Å²) in [5.74, 6) is 1.31. The molecule has 0 aromatic heterocycles. The first-order valence-corrected chi connectivity index (χ1v) is 12.8. The van der Waals surface area contributed by atoms with Crippen molar-refractivity contribution in [2.75, 3.05) is 18.6 Å². The number of rotatable bonds is 5. The molecule has 5 rings (SSSR count). The van der Waals surface area contributed by atoms with Gasteiger partial charge < -0.3 is 14.4 Å². The first kappa shape index (κ1) is 25.0. The molecule has 0 N–H and O–H groups in total. The number of hydrogen-bond acceptors (Lipinski definition) is 4. The molecule has 36 heavy (non-hydrogen) atoms. The number of halogens is 3. The average molecular weight is 507 g/mol. The summed E-state index contributed by atoms with van der Waals surface area (Å²) in [4.78, 5) is 29.4. The van der Waals surface area contributed by atoms with Gasteiger partial charge in [-0.25, -0.2) is 9.59 Å². The van der Waals surface area contributed by atoms with Gasteiger partial charge in [-0.3, -0.25) is 4.90 Å². The summed E-state index contributed by atoms with van der Waals surface area (Å²) in [7, 11) is 1.30. The van der Waals surface area contributed by atoms with Gasteiger partial charge in [-0.05, 0) is 93.4 Å². The number of nitrogens with zero attached hydrogens (tertiary/aromatic N) is 2. The van der Waals surface area contributed by atoms with Crippen molar-refractivity contribution in [1.82, 2.24) is 4.90 Å². The Hall–Kier alpha value is -2.71. The third-order valence-electron chi connectivity index (χ3n) is 8.10. The molecule has 5 atom stereocenters. The van der Waals surface area contributed by atoms with E-state index in [9.17, 15) is 22.8 Å². The summed E-state index contributed by atoms with van der Waals surface area (Å²) in [5, 5.41) is 0. The molecular formula is C27H33F3N2O4. The lowest BCUT2D eigenvalue weighted by Gasteiger charge is -2.45. The summed E-state index contributed by atoms with van der Waals surface area (Å²) < 4.78 is 52.0. The van der Waals surface area contributed by atoms with Gasteiger partial charge >= 0.3 is 18.4 Å². The fraction of sp³-hybridized carbons (Fsp3) is 0.630. The maximum atomic E-state index is 13.8. The zero-order valence-electron chi connectivity index (χ0n) is 20.8. The maximum absolute atomic E-state index is 13.8. The standard InChI is InChI=1S/C27H33F3N2O4/c1-15(2)36-26(34)32-22-9-8-20(27(28,29)30)12-21(22)24(13-23(32)17-6-7-17)31(25(33)35-3)14-19-11-16-4-5-18(19)10-16/h4-5,8-9,12,15-19,23-24H,6-7,10-11,13-14H2,1-3H3. The third-order valence-corrected chi connectivity index (χ3v) is 8.10. The van der Waals surface area contributed by atoms with E-state index in [1.54, 1.807) is 18.7 Å². The highest BCUT2D eigenvalue weighted by Crippen LogP contribution is 2.51. The number of carbonyl (C=O) groups excluding carboxylic acids is 2. The molecule has 0 radical (unpaired) electrons. The van der Waals surface area contributed by atoms with Crippen molar-refractivity contribution < 1.29 is 32.2 Å². The number of anilines is 1.